The first-order valence-electron chi connectivity index (χ1n) is 8.33. The molecule has 3 nitrogen and oxygen atoms in total. The van der Waals surface area contributed by atoms with Crippen LogP contribution in [0.5, 0.6) is 0 Å². The van der Waals surface area contributed by atoms with Crippen LogP contribution in [0.25, 0.3) is 10.2 Å². The molecule has 1 saturated heterocycles. The van der Waals surface area contributed by atoms with Gasteiger partial charge in [0.1, 0.15) is 17.0 Å². The summed E-state index contributed by atoms with van der Waals surface area (Å²) >= 11 is 1.91. The second-order valence-electron chi connectivity index (χ2n) is 6.63. The van der Waals surface area contributed by atoms with Crippen molar-refractivity contribution >= 4 is 27.4 Å². The number of hydrogen-bond acceptors (Lipinski definition) is 4. The van der Waals surface area contributed by atoms with E-state index in [-0.39, 0.29) is 0 Å². The van der Waals surface area contributed by atoms with Gasteiger partial charge in [-0.3, -0.25) is 0 Å². The quantitative estimate of drug-likeness (QED) is 0.790. The fourth-order valence-corrected chi connectivity index (χ4v) is 4.97. The maximum absolute atomic E-state index is 4.70. The third-order valence-corrected chi connectivity index (χ3v) is 6.17. The molecular weight excluding hydrogens is 278 g/mol. The average Bonchev–Trinajstić information content (AvgIpc) is 2.69. The molecule has 0 saturated carbocycles. The Morgan fingerprint density at radius 3 is 2.76 bits per heavy atom. The van der Waals surface area contributed by atoms with E-state index < -0.39 is 0 Å². The van der Waals surface area contributed by atoms with E-state index in [9.17, 15) is 0 Å². The molecule has 1 fully saturated rings. The van der Waals surface area contributed by atoms with Gasteiger partial charge in [0.25, 0.3) is 0 Å². The Morgan fingerprint density at radius 1 is 1.14 bits per heavy atom. The molecule has 3 heterocycles. The predicted molar refractivity (Wildman–Crippen MR) is 89.3 cm³/mol. The van der Waals surface area contributed by atoms with Crippen LogP contribution < -0.4 is 4.90 Å². The number of rotatable bonds is 1. The van der Waals surface area contributed by atoms with Gasteiger partial charge in [0.15, 0.2) is 0 Å². The number of fused-ring (bicyclic) bond motifs is 3. The minimum Gasteiger partial charge on any atom is -0.356 e. The van der Waals surface area contributed by atoms with Crippen LogP contribution in [0.4, 0.5) is 5.82 Å². The molecule has 0 radical (unpaired) electrons. The van der Waals surface area contributed by atoms with Crippen molar-refractivity contribution in [1.82, 2.24) is 9.97 Å². The summed E-state index contributed by atoms with van der Waals surface area (Å²) in [5.41, 5.74) is 1.56. The summed E-state index contributed by atoms with van der Waals surface area (Å²) in [6.45, 7) is 4.69. The molecule has 0 N–H and O–H groups in total. The highest BCUT2D eigenvalue weighted by Crippen LogP contribution is 2.40. The van der Waals surface area contributed by atoms with Gasteiger partial charge in [-0.05, 0) is 43.6 Å². The zero-order valence-electron chi connectivity index (χ0n) is 12.8. The number of hydrogen-bond donors (Lipinski definition) is 0. The van der Waals surface area contributed by atoms with E-state index in [0.29, 0.717) is 0 Å². The van der Waals surface area contributed by atoms with Gasteiger partial charge in [-0.2, -0.15) is 0 Å². The van der Waals surface area contributed by atoms with Gasteiger partial charge in [-0.1, -0.05) is 19.8 Å². The molecule has 0 spiro atoms. The lowest BCUT2D eigenvalue weighted by molar-refractivity contribution is 0.508. The van der Waals surface area contributed by atoms with Gasteiger partial charge in [0.2, 0.25) is 0 Å². The highest BCUT2D eigenvalue weighted by Gasteiger charge is 2.25. The Kier molecular flexibility index (Phi) is 3.57. The Labute approximate surface area is 130 Å². The fraction of sp³-hybridized carbons (Fsp3) is 0.647. The van der Waals surface area contributed by atoms with Crippen LogP contribution in [0.15, 0.2) is 6.33 Å². The molecule has 4 heteroatoms. The summed E-state index contributed by atoms with van der Waals surface area (Å²) < 4.78 is 0. The number of aryl methyl sites for hydroxylation is 1. The maximum Gasteiger partial charge on any atom is 0.141 e. The Morgan fingerprint density at radius 2 is 1.95 bits per heavy atom. The van der Waals surface area contributed by atoms with E-state index in [1.54, 1.807) is 16.8 Å². The molecule has 0 bridgehead atoms. The van der Waals surface area contributed by atoms with Crippen molar-refractivity contribution in [3.05, 3.63) is 16.8 Å². The first-order valence-corrected chi connectivity index (χ1v) is 9.15. The summed E-state index contributed by atoms with van der Waals surface area (Å²) in [5.74, 6) is 2.01. The molecule has 1 aliphatic heterocycles. The van der Waals surface area contributed by atoms with Crippen LogP contribution in [0.3, 0.4) is 0 Å². The van der Waals surface area contributed by atoms with Gasteiger partial charge in [0, 0.05) is 18.0 Å². The summed E-state index contributed by atoms with van der Waals surface area (Å²) in [5, 5.41) is 1.38. The molecule has 112 valence electrons. The van der Waals surface area contributed by atoms with Crippen LogP contribution >= 0.6 is 11.3 Å². The Hall–Kier alpha value is -1.16. The van der Waals surface area contributed by atoms with E-state index in [1.165, 1.54) is 61.0 Å². The third kappa shape index (κ3) is 2.44. The molecule has 1 aliphatic carbocycles. The molecule has 2 aliphatic rings. The van der Waals surface area contributed by atoms with Crippen molar-refractivity contribution in [2.24, 2.45) is 5.92 Å². The van der Waals surface area contributed by atoms with Crippen molar-refractivity contribution in [1.29, 1.82) is 0 Å². The highest BCUT2D eigenvalue weighted by atomic mass is 32.1. The Bertz CT molecular complexity index is 641. The van der Waals surface area contributed by atoms with Crippen molar-refractivity contribution in [2.45, 2.75) is 51.9 Å². The SMILES string of the molecule is C[C@H]1CCc2sc3ncnc(N4CCCCCC4)c3c2C1. The van der Waals surface area contributed by atoms with Crippen LogP contribution in [0.2, 0.25) is 0 Å². The fourth-order valence-electron chi connectivity index (χ4n) is 3.79. The molecule has 0 aromatic carbocycles. The van der Waals surface area contributed by atoms with Gasteiger partial charge in [-0.15, -0.1) is 11.3 Å². The molecule has 2 aromatic rings. The average molecular weight is 301 g/mol. The molecule has 0 amide bonds. The second kappa shape index (κ2) is 5.56. The van der Waals surface area contributed by atoms with Crippen LogP contribution in [0, 0.1) is 5.92 Å². The standard InChI is InChI=1S/C17H23N3S/c1-12-6-7-14-13(10-12)15-16(18-11-19-17(15)21-14)20-8-4-2-3-5-9-20/h11-12H,2-10H2,1H3/t12-/m0/s1. The van der Waals surface area contributed by atoms with Crippen molar-refractivity contribution < 1.29 is 0 Å². The van der Waals surface area contributed by atoms with E-state index in [4.69, 9.17) is 4.98 Å². The zero-order chi connectivity index (χ0) is 14.2. The largest absolute Gasteiger partial charge is 0.356 e. The monoisotopic (exact) mass is 301 g/mol. The molecule has 2 aromatic heterocycles. The molecular formula is C17H23N3S. The topological polar surface area (TPSA) is 29.0 Å². The lowest BCUT2D eigenvalue weighted by Gasteiger charge is -2.24. The number of nitrogens with zero attached hydrogens (tertiary/aromatic N) is 3. The summed E-state index contributed by atoms with van der Waals surface area (Å²) in [4.78, 5) is 14.6. The van der Waals surface area contributed by atoms with Crippen LogP contribution in [0.1, 0.15) is 49.5 Å². The predicted octanol–water partition coefficient (Wildman–Crippen LogP) is 4.20. The number of thiophene rings is 1. The normalized spacial score (nSPS) is 23.1. The highest BCUT2D eigenvalue weighted by molar-refractivity contribution is 7.19. The maximum atomic E-state index is 4.70. The van der Waals surface area contributed by atoms with E-state index in [1.807, 2.05) is 11.3 Å². The summed E-state index contributed by atoms with van der Waals surface area (Å²) in [6, 6.07) is 0. The van der Waals surface area contributed by atoms with Crippen LogP contribution in [-0.2, 0) is 12.8 Å². The first kappa shape index (κ1) is 13.5. The molecule has 4 rings (SSSR count). The smallest absolute Gasteiger partial charge is 0.141 e. The Balaban J connectivity index is 1.83. The number of aromatic nitrogens is 2. The van der Waals surface area contributed by atoms with Gasteiger partial charge in [0.05, 0.1) is 5.39 Å². The van der Waals surface area contributed by atoms with Gasteiger partial charge >= 0.3 is 0 Å². The zero-order valence-corrected chi connectivity index (χ0v) is 13.6. The van der Waals surface area contributed by atoms with E-state index in [2.05, 4.69) is 16.8 Å². The molecule has 1 atom stereocenters. The third-order valence-electron chi connectivity index (χ3n) is 4.97. The second-order valence-corrected chi connectivity index (χ2v) is 7.71. The molecule has 21 heavy (non-hydrogen) atoms. The van der Waals surface area contributed by atoms with Crippen molar-refractivity contribution in [3.63, 3.8) is 0 Å². The van der Waals surface area contributed by atoms with Crippen molar-refractivity contribution in [2.75, 3.05) is 18.0 Å². The number of anilines is 1. The lowest BCUT2D eigenvalue weighted by atomic mass is 9.88. The molecule has 0 unspecified atom stereocenters. The van der Waals surface area contributed by atoms with Gasteiger partial charge in [-0.25, -0.2) is 9.97 Å². The minimum atomic E-state index is 0.799. The summed E-state index contributed by atoms with van der Waals surface area (Å²) in [6.07, 6.45) is 10.9. The van der Waals surface area contributed by atoms with E-state index in [0.717, 1.165) is 19.0 Å². The van der Waals surface area contributed by atoms with Crippen molar-refractivity contribution in [3.8, 4) is 0 Å². The first-order chi connectivity index (χ1) is 10.3. The van der Waals surface area contributed by atoms with Crippen LogP contribution in [-0.4, -0.2) is 23.1 Å². The van der Waals surface area contributed by atoms with Gasteiger partial charge < -0.3 is 4.90 Å². The lowest BCUT2D eigenvalue weighted by Crippen LogP contribution is -2.25. The minimum absolute atomic E-state index is 0.799. The van der Waals surface area contributed by atoms with E-state index >= 15 is 0 Å². The summed E-state index contributed by atoms with van der Waals surface area (Å²) in [7, 11) is 0.